The van der Waals surface area contributed by atoms with Gasteiger partial charge in [0.05, 0.1) is 11.1 Å². The SMILES string of the molecule is O=C(O)c1ccc2cc3cccc(C(=O)O)c3cc2c1. The van der Waals surface area contributed by atoms with E-state index >= 15 is 0 Å². The fourth-order valence-electron chi connectivity index (χ4n) is 2.34. The van der Waals surface area contributed by atoms with Crippen molar-refractivity contribution in [2.45, 2.75) is 0 Å². The van der Waals surface area contributed by atoms with E-state index in [-0.39, 0.29) is 11.1 Å². The summed E-state index contributed by atoms with van der Waals surface area (Å²) in [5, 5.41) is 21.2. The van der Waals surface area contributed by atoms with Gasteiger partial charge in [0.1, 0.15) is 0 Å². The van der Waals surface area contributed by atoms with E-state index in [9.17, 15) is 14.7 Å². The first-order chi connectivity index (χ1) is 9.56. The highest BCUT2D eigenvalue weighted by Gasteiger charge is 2.10. The van der Waals surface area contributed by atoms with Crippen molar-refractivity contribution in [1.29, 1.82) is 0 Å². The Hall–Kier alpha value is -2.88. The molecular weight excluding hydrogens is 256 g/mol. The third-order valence-corrected chi connectivity index (χ3v) is 3.31. The number of hydrogen-bond donors (Lipinski definition) is 2. The second kappa shape index (κ2) is 4.35. The molecule has 0 bridgehead atoms. The number of carboxylic acid groups (broad SMARTS) is 2. The van der Waals surface area contributed by atoms with Gasteiger partial charge in [-0.3, -0.25) is 0 Å². The third-order valence-electron chi connectivity index (χ3n) is 3.31. The summed E-state index contributed by atoms with van der Waals surface area (Å²) in [4.78, 5) is 22.2. The quantitative estimate of drug-likeness (QED) is 0.697. The fraction of sp³-hybridized carbons (Fsp3) is 0. The first-order valence-corrected chi connectivity index (χ1v) is 5.99. The van der Waals surface area contributed by atoms with E-state index in [0.29, 0.717) is 10.8 Å². The van der Waals surface area contributed by atoms with Crippen LogP contribution in [0.1, 0.15) is 20.7 Å². The van der Waals surface area contributed by atoms with Crippen molar-refractivity contribution in [3.05, 3.63) is 59.7 Å². The molecule has 0 amide bonds. The van der Waals surface area contributed by atoms with Crippen LogP contribution in [0.25, 0.3) is 21.5 Å². The molecule has 98 valence electrons. The number of benzene rings is 3. The van der Waals surface area contributed by atoms with E-state index in [0.717, 1.165) is 10.8 Å². The van der Waals surface area contributed by atoms with Crippen molar-refractivity contribution < 1.29 is 19.8 Å². The number of hydrogen-bond acceptors (Lipinski definition) is 2. The molecule has 0 heterocycles. The Morgan fingerprint density at radius 1 is 0.750 bits per heavy atom. The van der Waals surface area contributed by atoms with Gasteiger partial charge in [-0.05, 0) is 51.9 Å². The highest BCUT2D eigenvalue weighted by Crippen LogP contribution is 2.26. The Balaban J connectivity index is 2.38. The van der Waals surface area contributed by atoms with Crippen LogP contribution >= 0.6 is 0 Å². The summed E-state index contributed by atoms with van der Waals surface area (Å²) in [6.45, 7) is 0. The van der Waals surface area contributed by atoms with Gasteiger partial charge in [0.2, 0.25) is 0 Å². The summed E-state index contributed by atoms with van der Waals surface area (Å²) in [5.41, 5.74) is 0.398. The minimum Gasteiger partial charge on any atom is -0.478 e. The summed E-state index contributed by atoms with van der Waals surface area (Å²) < 4.78 is 0. The lowest BCUT2D eigenvalue weighted by Gasteiger charge is -2.06. The lowest BCUT2D eigenvalue weighted by Crippen LogP contribution is -1.98. The number of carbonyl (C=O) groups is 2. The molecule has 0 aliphatic carbocycles. The number of fused-ring (bicyclic) bond motifs is 2. The Bertz CT molecular complexity index is 865. The third kappa shape index (κ3) is 1.87. The second-order valence-corrected chi connectivity index (χ2v) is 4.55. The van der Waals surface area contributed by atoms with Gasteiger partial charge in [0.15, 0.2) is 0 Å². The molecule has 3 aromatic carbocycles. The first kappa shape index (κ1) is 12.2. The topological polar surface area (TPSA) is 74.6 Å². The van der Waals surface area contributed by atoms with Gasteiger partial charge in [-0.15, -0.1) is 0 Å². The maximum Gasteiger partial charge on any atom is 0.336 e. The van der Waals surface area contributed by atoms with E-state index in [1.165, 1.54) is 12.1 Å². The molecule has 3 aromatic rings. The van der Waals surface area contributed by atoms with Crippen molar-refractivity contribution in [3.63, 3.8) is 0 Å². The van der Waals surface area contributed by atoms with Gasteiger partial charge >= 0.3 is 11.9 Å². The summed E-state index contributed by atoms with van der Waals surface area (Å²) in [7, 11) is 0. The summed E-state index contributed by atoms with van der Waals surface area (Å²) in [6, 6.07) is 13.5. The lowest BCUT2D eigenvalue weighted by molar-refractivity contribution is 0.0687. The van der Waals surface area contributed by atoms with Crippen LogP contribution in [-0.4, -0.2) is 22.2 Å². The van der Waals surface area contributed by atoms with Gasteiger partial charge in [0, 0.05) is 0 Å². The molecule has 0 fully saturated rings. The van der Waals surface area contributed by atoms with Gasteiger partial charge in [-0.2, -0.15) is 0 Å². The van der Waals surface area contributed by atoms with Crippen molar-refractivity contribution in [3.8, 4) is 0 Å². The van der Waals surface area contributed by atoms with Gasteiger partial charge in [0.25, 0.3) is 0 Å². The highest BCUT2D eigenvalue weighted by molar-refractivity contribution is 6.09. The molecule has 0 aromatic heterocycles. The van der Waals surface area contributed by atoms with Crippen LogP contribution in [0.15, 0.2) is 48.5 Å². The summed E-state index contributed by atoms with van der Waals surface area (Å²) in [5.74, 6) is -2.00. The van der Waals surface area contributed by atoms with E-state index in [1.807, 2.05) is 12.1 Å². The second-order valence-electron chi connectivity index (χ2n) is 4.55. The fourth-order valence-corrected chi connectivity index (χ4v) is 2.34. The van der Waals surface area contributed by atoms with Gasteiger partial charge < -0.3 is 10.2 Å². The minimum absolute atomic E-state index is 0.185. The molecule has 4 nitrogen and oxygen atoms in total. The Kier molecular flexibility index (Phi) is 2.64. The van der Waals surface area contributed by atoms with E-state index in [2.05, 4.69) is 0 Å². The molecular formula is C16H10O4. The summed E-state index contributed by atoms with van der Waals surface area (Å²) in [6.07, 6.45) is 0. The van der Waals surface area contributed by atoms with Crippen LogP contribution in [-0.2, 0) is 0 Å². The van der Waals surface area contributed by atoms with E-state index < -0.39 is 11.9 Å². The largest absolute Gasteiger partial charge is 0.478 e. The van der Waals surface area contributed by atoms with E-state index in [1.54, 1.807) is 24.3 Å². The maximum absolute atomic E-state index is 11.2. The lowest BCUT2D eigenvalue weighted by atomic mass is 9.98. The average molecular weight is 266 g/mol. The zero-order valence-electron chi connectivity index (χ0n) is 10.3. The zero-order valence-corrected chi connectivity index (χ0v) is 10.3. The van der Waals surface area contributed by atoms with Crippen LogP contribution in [0.3, 0.4) is 0 Å². The molecule has 0 unspecified atom stereocenters. The standard InChI is InChI=1S/C16H10O4/c17-15(18)11-5-4-9-6-10-2-1-3-13(16(19)20)14(10)8-12(9)7-11/h1-8H,(H,17,18)(H,19,20). The molecule has 3 rings (SSSR count). The van der Waals surface area contributed by atoms with Crippen LogP contribution in [0, 0.1) is 0 Å². The first-order valence-electron chi connectivity index (χ1n) is 5.99. The molecule has 0 aliphatic rings. The number of rotatable bonds is 2. The molecule has 20 heavy (non-hydrogen) atoms. The average Bonchev–Trinajstić information content (AvgIpc) is 2.43. The van der Waals surface area contributed by atoms with Gasteiger partial charge in [-0.25, -0.2) is 9.59 Å². The predicted molar refractivity (Wildman–Crippen MR) is 75.4 cm³/mol. The Labute approximate surface area is 113 Å². The Morgan fingerprint density at radius 3 is 2.25 bits per heavy atom. The van der Waals surface area contributed by atoms with Crippen molar-refractivity contribution >= 4 is 33.5 Å². The predicted octanol–water partition coefficient (Wildman–Crippen LogP) is 3.39. The molecule has 0 radical (unpaired) electrons. The number of carboxylic acids is 2. The minimum atomic E-state index is -1.00. The molecule has 2 N–H and O–H groups in total. The van der Waals surface area contributed by atoms with Gasteiger partial charge in [-0.1, -0.05) is 18.2 Å². The molecule has 0 saturated carbocycles. The van der Waals surface area contributed by atoms with Crippen LogP contribution in [0.4, 0.5) is 0 Å². The van der Waals surface area contributed by atoms with E-state index in [4.69, 9.17) is 5.11 Å². The molecule has 0 saturated heterocycles. The van der Waals surface area contributed by atoms with Crippen LogP contribution in [0.2, 0.25) is 0 Å². The monoisotopic (exact) mass is 266 g/mol. The molecule has 0 spiro atoms. The Morgan fingerprint density at radius 2 is 1.55 bits per heavy atom. The maximum atomic E-state index is 11.2. The number of aromatic carboxylic acids is 2. The smallest absolute Gasteiger partial charge is 0.336 e. The molecule has 4 heteroatoms. The van der Waals surface area contributed by atoms with Crippen molar-refractivity contribution in [1.82, 2.24) is 0 Å². The highest BCUT2D eigenvalue weighted by atomic mass is 16.4. The zero-order chi connectivity index (χ0) is 14.3. The van der Waals surface area contributed by atoms with Crippen LogP contribution in [0.5, 0.6) is 0 Å². The van der Waals surface area contributed by atoms with Crippen LogP contribution < -0.4 is 0 Å². The van der Waals surface area contributed by atoms with Crippen molar-refractivity contribution in [2.75, 3.05) is 0 Å². The molecule has 0 atom stereocenters. The normalized spacial score (nSPS) is 10.8. The van der Waals surface area contributed by atoms with Crippen molar-refractivity contribution in [2.24, 2.45) is 0 Å². The molecule has 0 aliphatic heterocycles. The summed E-state index contributed by atoms with van der Waals surface area (Å²) >= 11 is 0.